The molecule has 2 aliphatic heterocycles. The minimum atomic E-state index is -0.213. The molecule has 1 atom stereocenters. The van der Waals surface area contributed by atoms with Crippen molar-refractivity contribution in [2.24, 2.45) is 0 Å². The predicted octanol–water partition coefficient (Wildman–Crippen LogP) is -0.196. The zero-order chi connectivity index (χ0) is 10.8. The third kappa shape index (κ3) is 2.00. The van der Waals surface area contributed by atoms with Gasteiger partial charge in [-0.2, -0.15) is 0 Å². The molecule has 0 aromatic rings. The molecule has 0 saturated carbocycles. The summed E-state index contributed by atoms with van der Waals surface area (Å²) in [6.45, 7) is 0.644. The second kappa shape index (κ2) is 4.00. The molecule has 0 aromatic carbocycles. The van der Waals surface area contributed by atoms with Crippen LogP contribution in [0.2, 0.25) is 0 Å². The van der Waals surface area contributed by atoms with E-state index in [2.05, 4.69) is 5.32 Å². The van der Waals surface area contributed by atoms with E-state index < -0.39 is 0 Å². The zero-order valence-electron chi connectivity index (χ0n) is 8.49. The van der Waals surface area contributed by atoms with E-state index in [0.717, 1.165) is 12.8 Å². The van der Waals surface area contributed by atoms with Crippen LogP contribution in [-0.4, -0.2) is 35.2 Å². The van der Waals surface area contributed by atoms with Gasteiger partial charge in [-0.3, -0.25) is 19.3 Å². The van der Waals surface area contributed by atoms with Gasteiger partial charge in [0.15, 0.2) is 0 Å². The Labute approximate surface area is 87.8 Å². The molecule has 15 heavy (non-hydrogen) atoms. The molecule has 5 heteroatoms. The summed E-state index contributed by atoms with van der Waals surface area (Å²) >= 11 is 0. The number of carbonyl (C=O) groups excluding carboxylic acids is 3. The third-order valence-corrected chi connectivity index (χ3v) is 2.91. The maximum atomic E-state index is 11.5. The molecular weight excluding hydrogens is 196 g/mol. The highest BCUT2D eigenvalue weighted by Gasteiger charge is 2.36. The van der Waals surface area contributed by atoms with Crippen LogP contribution in [0.1, 0.15) is 32.1 Å². The van der Waals surface area contributed by atoms with Gasteiger partial charge >= 0.3 is 0 Å². The first-order chi connectivity index (χ1) is 7.18. The number of amides is 3. The van der Waals surface area contributed by atoms with E-state index in [1.54, 1.807) is 0 Å². The predicted molar refractivity (Wildman–Crippen MR) is 51.7 cm³/mol. The normalized spacial score (nSPS) is 27.9. The highest BCUT2D eigenvalue weighted by Crippen LogP contribution is 2.21. The summed E-state index contributed by atoms with van der Waals surface area (Å²) in [5.41, 5.74) is 0. The van der Waals surface area contributed by atoms with Gasteiger partial charge in [0, 0.05) is 31.8 Å². The fourth-order valence-corrected chi connectivity index (χ4v) is 2.18. The highest BCUT2D eigenvalue weighted by atomic mass is 16.2. The van der Waals surface area contributed by atoms with Crippen LogP contribution < -0.4 is 5.32 Å². The summed E-state index contributed by atoms with van der Waals surface area (Å²) in [6, 6.07) is -0.213. The molecule has 2 saturated heterocycles. The molecule has 2 rings (SSSR count). The molecular formula is C10H14N2O3. The molecule has 82 valence electrons. The minimum absolute atomic E-state index is 0.0648. The quantitative estimate of drug-likeness (QED) is 0.610. The molecule has 2 heterocycles. The van der Waals surface area contributed by atoms with Crippen LogP contribution >= 0.6 is 0 Å². The molecule has 0 bridgehead atoms. The van der Waals surface area contributed by atoms with E-state index in [0.29, 0.717) is 19.4 Å². The summed E-state index contributed by atoms with van der Waals surface area (Å²) in [5.74, 6) is -0.315. The van der Waals surface area contributed by atoms with Gasteiger partial charge in [0.05, 0.1) is 0 Å². The molecule has 5 nitrogen and oxygen atoms in total. The summed E-state index contributed by atoms with van der Waals surface area (Å²) in [6.07, 6.45) is 2.43. The van der Waals surface area contributed by atoms with Gasteiger partial charge in [0.1, 0.15) is 0 Å². The van der Waals surface area contributed by atoms with Gasteiger partial charge in [-0.1, -0.05) is 0 Å². The molecule has 0 aliphatic carbocycles. The van der Waals surface area contributed by atoms with Crippen LogP contribution in [0.4, 0.5) is 0 Å². The lowest BCUT2D eigenvalue weighted by Gasteiger charge is -2.23. The first kappa shape index (κ1) is 10.1. The number of hydrogen-bond acceptors (Lipinski definition) is 3. The Bertz CT molecular complexity index is 298. The number of hydrogen-bond donors (Lipinski definition) is 1. The number of likely N-dealkylation sites (tertiary alicyclic amines) is 1. The van der Waals surface area contributed by atoms with Crippen molar-refractivity contribution in [2.75, 3.05) is 6.54 Å². The Morgan fingerprint density at radius 3 is 2.47 bits per heavy atom. The number of nitrogens with one attached hydrogen (secondary N) is 1. The molecule has 0 spiro atoms. The second-order valence-electron chi connectivity index (χ2n) is 4.01. The van der Waals surface area contributed by atoms with Crippen molar-refractivity contribution in [1.82, 2.24) is 10.2 Å². The zero-order valence-corrected chi connectivity index (χ0v) is 8.49. The maximum Gasteiger partial charge on any atom is 0.229 e. The van der Waals surface area contributed by atoms with Crippen LogP contribution in [-0.2, 0) is 14.4 Å². The topological polar surface area (TPSA) is 66.5 Å². The Morgan fingerprint density at radius 2 is 1.80 bits per heavy atom. The van der Waals surface area contributed by atoms with Crippen molar-refractivity contribution >= 4 is 17.7 Å². The highest BCUT2D eigenvalue weighted by molar-refractivity contribution is 6.02. The smallest absolute Gasteiger partial charge is 0.229 e. The van der Waals surface area contributed by atoms with Crippen molar-refractivity contribution in [3.8, 4) is 0 Å². The van der Waals surface area contributed by atoms with Gasteiger partial charge in [-0.25, -0.2) is 0 Å². The lowest BCUT2D eigenvalue weighted by atomic mass is 10.1. The van der Waals surface area contributed by atoms with E-state index in [1.165, 1.54) is 4.90 Å². The van der Waals surface area contributed by atoms with Crippen LogP contribution in [0.15, 0.2) is 0 Å². The minimum Gasteiger partial charge on any atom is -0.356 e. The largest absolute Gasteiger partial charge is 0.356 e. The van der Waals surface area contributed by atoms with Gasteiger partial charge in [-0.15, -0.1) is 0 Å². The number of imide groups is 1. The van der Waals surface area contributed by atoms with Crippen LogP contribution in [0.3, 0.4) is 0 Å². The van der Waals surface area contributed by atoms with Crippen molar-refractivity contribution in [3.63, 3.8) is 0 Å². The van der Waals surface area contributed by atoms with Gasteiger partial charge in [0.25, 0.3) is 0 Å². The van der Waals surface area contributed by atoms with Gasteiger partial charge in [-0.05, 0) is 12.8 Å². The Balaban J connectivity index is 2.10. The molecule has 0 radical (unpaired) electrons. The molecule has 0 aromatic heterocycles. The molecule has 2 fully saturated rings. The van der Waals surface area contributed by atoms with Gasteiger partial charge < -0.3 is 5.32 Å². The van der Waals surface area contributed by atoms with Crippen LogP contribution in [0, 0.1) is 0 Å². The summed E-state index contributed by atoms with van der Waals surface area (Å²) in [5, 5.41) is 2.74. The molecule has 2 aliphatic rings. The van der Waals surface area contributed by atoms with Crippen molar-refractivity contribution in [2.45, 2.75) is 38.1 Å². The summed E-state index contributed by atoms with van der Waals surface area (Å²) in [7, 11) is 0. The average molecular weight is 210 g/mol. The molecule has 3 amide bonds. The number of carbonyl (C=O) groups is 3. The van der Waals surface area contributed by atoms with Gasteiger partial charge in [0.2, 0.25) is 17.7 Å². The van der Waals surface area contributed by atoms with E-state index >= 15 is 0 Å². The monoisotopic (exact) mass is 210 g/mol. The van der Waals surface area contributed by atoms with Crippen molar-refractivity contribution < 1.29 is 14.4 Å². The molecule has 1 N–H and O–H groups in total. The molecule has 1 unspecified atom stereocenters. The first-order valence-corrected chi connectivity index (χ1v) is 5.30. The Morgan fingerprint density at radius 1 is 1.13 bits per heavy atom. The average Bonchev–Trinajstić information content (AvgIpc) is 2.40. The van der Waals surface area contributed by atoms with Crippen LogP contribution in [0.5, 0.6) is 0 Å². The summed E-state index contributed by atoms with van der Waals surface area (Å²) in [4.78, 5) is 35.6. The summed E-state index contributed by atoms with van der Waals surface area (Å²) < 4.78 is 0. The Hall–Kier alpha value is -1.39. The fourth-order valence-electron chi connectivity index (χ4n) is 2.18. The third-order valence-electron chi connectivity index (χ3n) is 2.91. The van der Waals surface area contributed by atoms with E-state index in [1.807, 2.05) is 0 Å². The first-order valence-electron chi connectivity index (χ1n) is 5.30. The van der Waals surface area contributed by atoms with Crippen molar-refractivity contribution in [3.05, 3.63) is 0 Å². The Kier molecular flexibility index (Phi) is 2.70. The van der Waals surface area contributed by atoms with E-state index in [9.17, 15) is 14.4 Å². The van der Waals surface area contributed by atoms with E-state index in [-0.39, 0.29) is 30.2 Å². The fraction of sp³-hybridized carbons (Fsp3) is 0.700. The SMILES string of the molecule is O=C1CC(N2C(=O)CCC2=O)CCCN1. The van der Waals surface area contributed by atoms with Crippen molar-refractivity contribution in [1.29, 1.82) is 0 Å². The maximum absolute atomic E-state index is 11.5. The van der Waals surface area contributed by atoms with Crippen LogP contribution in [0.25, 0.3) is 0 Å². The lowest BCUT2D eigenvalue weighted by Crippen LogP contribution is -2.40. The standard InChI is InChI=1S/C10H14N2O3/c13-8-6-7(2-1-5-11-8)12-9(14)3-4-10(12)15/h7H,1-6H2,(H,11,13). The number of rotatable bonds is 1. The van der Waals surface area contributed by atoms with E-state index in [4.69, 9.17) is 0 Å². The second-order valence-corrected chi connectivity index (χ2v) is 4.01. The number of nitrogens with zero attached hydrogens (tertiary/aromatic N) is 1. The lowest BCUT2D eigenvalue weighted by molar-refractivity contribution is -0.141.